The number of hydrogen-bond donors (Lipinski definition) is 1. The van der Waals surface area contributed by atoms with Crippen LogP contribution in [0.25, 0.3) is 0 Å². The lowest BCUT2D eigenvalue weighted by Gasteiger charge is -2.37. The van der Waals surface area contributed by atoms with Crippen molar-refractivity contribution in [3.8, 4) is 0 Å². The first-order valence-electron chi connectivity index (χ1n) is 10.0. The van der Waals surface area contributed by atoms with E-state index in [1.165, 1.54) is 21.3 Å². The lowest BCUT2D eigenvalue weighted by molar-refractivity contribution is 0.0881. The molecular formula is C21H28N4O4S. The van der Waals surface area contributed by atoms with Crippen LogP contribution in [0.3, 0.4) is 0 Å². The Hall–Kier alpha value is -2.33. The van der Waals surface area contributed by atoms with E-state index in [0.29, 0.717) is 32.0 Å². The van der Waals surface area contributed by atoms with Gasteiger partial charge in [-0.05, 0) is 36.8 Å². The lowest BCUT2D eigenvalue weighted by Crippen LogP contribution is -2.52. The molecule has 30 heavy (non-hydrogen) atoms. The molecule has 1 aliphatic heterocycles. The summed E-state index contributed by atoms with van der Waals surface area (Å²) in [5.74, 6) is 0.158. The van der Waals surface area contributed by atoms with Crippen molar-refractivity contribution in [1.29, 1.82) is 0 Å². The van der Waals surface area contributed by atoms with Gasteiger partial charge in [0.25, 0.3) is 5.91 Å². The Balaban J connectivity index is 1.76. The van der Waals surface area contributed by atoms with Gasteiger partial charge in [-0.1, -0.05) is 19.1 Å². The predicted octanol–water partition coefficient (Wildman–Crippen LogP) is 1.44. The number of pyridine rings is 1. The van der Waals surface area contributed by atoms with Gasteiger partial charge >= 0.3 is 0 Å². The molecule has 162 valence electrons. The van der Waals surface area contributed by atoms with Gasteiger partial charge in [0.2, 0.25) is 10.0 Å². The van der Waals surface area contributed by atoms with Crippen molar-refractivity contribution < 1.29 is 18.3 Å². The molecule has 0 spiro atoms. The average Bonchev–Trinajstić information content (AvgIpc) is 2.80. The monoisotopic (exact) mass is 432 g/mol. The zero-order valence-corrected chi connectivity index (χ0v) is 18.1. The zero-order chi connectivity index (χ0) is 21.7. The molecule has 0 aliphatic carbocycles. The number of carbonyl (C=O) groups excluding carboxylic acids is 1. The lowest BCUT2D eigenvalue weighted by atomic mass is 10.2. The van der Waals surface area contributed by atoms with Crippen molar-refractivity contribution in [2.75, 3.05) is 44.7 Å². The Morgan fingerprint density at radius 3 is 2.50 bits per heavy atom. The summed E-state index contributed by atoms with van der Waals surface area (Å²) in [6.07, 6.45) is 2.41. The molecule has 1 amide bonds. The summed E-state index contributed by atoms with van der Waals surface area (Å²) in [6.45, 7) is 3.92. The summed E-state index contributed by atoms with van der Waals surface area (Å²) in [6, 6.07) is 11.4. The molecule has 2 aromatic rings. The molecule has 1 aromatic carbocycles. The maximum absolute atomic E-state index is 13.1. The van der Waals surface area contributed by atoms with Crippen LogP contribution in [0.4, 0.5) is 5.82 Å². The molecule has 0 radical (unpaired) electrons. The number of benzene rings is 1. The molecule has 1 aromatic heterocycles. The second-order valence-electron chi connectivity index (χ2n) is 7.26. The molecule has 1 fully saturated rings. The Kier molecular flexibility index (Phi) is 7.19. The van der Waals surface area contributed by atoms with E-state index in [1.54, 1.807) is 43.6 Å². The quantitative estimate of drug-likeness (QED) is 0.712. The van der Waals surface area contributed by atoms with Gasteiger partial charge < -0.3 is 5.11 Å². The third-order valence-corrected chi connectivity index (χ3v) is 7.38. The Morgan fingerprint density at radius 1 is 1.17 bits per heavy atom. The molecule has 0 bridgehead atoms. The van der Waals surface area contributed by atoms with Crippen LogP contribution in [0.1, 0.15) is 23.7 Å². The highest BCUT2D eigenvalue weighted by molar-refractivity contribution is 7.89. The van der Waals surface area contributed by atoms with E-state index in [4.69, 9.17) is 0 Å². The molecule has 8 nitrogen and oxygen atoms in total. The third-order valence-electron chi connectivity index (χ3n) is 5.49. The maximum Gasteiger partial charge on any atom is 0.259 e. The van der Waals surface area contributed by atoms with Crippen LogP contribution >= 0.6 is 0 Å². The van der Waals surface area contributed by atoms with Crippen LogP contribution in [0, 0.1) is 0 Å². The fourth-order valence-corrected chi connectivity index (χ4v) is 5.07. The fourth-order valence-electron chi connectivity index (χ4n) is 3.60. The Morgan fingerprint density at radius 2 is 1.90 bits per heavy atom. The van der Waals surface area contributed by atoms with Crippen LogP contribution < -0.4 is 4.90 Å². The molecule has 9 heteroatoms. The van der Waals surface area contributed by atoms with E-state index in [-0.39, 0.29) is 29.0 Å². The molecule has 1 N–H and O–H groups in total. The maximum atomic E-state index is 13.1. The van der Waals surface area contributed by atoms with Gasteiger partial charge in [0.1, 0.15) is 5.82 Å². The van der Waals surface area contributed by atoms with Crippen molar-refractivity contribution in [3.05, 3.63) is 54.2 Å². The topological polar surface area (TPSA) is 94.0 Å². The predicted molar refractivity (Wildman–Crippen MR) is 115 cm³/mol. The molecule has 1 aliphatic rings. The summed E-state index contributed by atoms with van der Waals surface area (Å²) >= 11 is 0. The number of aliphatic hydroxyl groups excluding tert-OH is 1. The minimum Gasteiger partial charge on any atom is -0.395 e. The summed E-state index contributed by atoms with van der Waals surface area (Å²) in [5, 5.41) is 9.48. The van der Waals surface area contributed by atoms with E-state index in [9.17, 15) is 18.3 Å². The first kappa shape index (κ1) is 22.4. The van der Waals surface area contributed by atoms with Gasteiger partial charge in [0.15, 0.2) is 0 Å². The number of hydrogen-bond acceptors (Lipinski definition) is 6. The number of sulfonamides is 1. The van der Waals surface area contributed by atoms with E-state index >= 15 is 0 Å². The fraction of sp³-hybridized carbons (Fsp3) is 0.429. The van der Waals surface area contributed by atoms with E-state index in [1.807, 2.05) is 6.92 Å². The molecule has 1 atom stereocenters. The van der Waals surface area contributed by atoms with Crippen molar-refractivity contribution >= 4 is 21.7 Å². The second kappa shape index (κ2) is 9.65. The van der Waals surface area contributed by atoms with Crippen LogP contribution in [0.2, 0.25) is 0 Å². The number of rotatable bonds is 7. The van der Waals surface area contributed by atoms with Gasteiger partial charge in [-0.2, -0.15) is 4.31 Å². The highest BCUT2D eigenvalue weighted by atomic mass is 32.2. The highest BCUT2D eigenvalue weighted by Crippen LogP contribution is 2.21. The number of nitrogens with zero attached hydrogens (tertiary/aromatic N) is 4. The van der Waals surface area contributed by atoms with E-state index < -0.39 is 10.0 Å². The molecule has 2 heterocycles. The molecule has 3 rings (SSSR count). The van der Waals surface area contributed by atoms with E-state index in [0.717, 1.165) is 6.42 Å². The van der Waals surface area contributed by atoms with Crippen LogP contribution in [0.5, 0.6) is 0 Å². The first-order valence-corrected chi connectivity index (χ1v) is 11.5. The average molecular weight is 433 g/mol. The number of amides is 1. The second-order valence-corrected chi connectivity index (χ2v) is 9.20. The normalized spacial score (nSPS) is 16.9. The van der Waals surface area contributed by atoms with Crippen LogP contribution in [0.15, 0.2) is 53.6 Å². The first-order chi connectivity index (χ1) is 14.4. The molecule has 0 unspecified atom stereocenters. The summed E-state index contributed by atoms with van der Waals surface area (Å²) in [4.78, 5) is 20.6. The van der Waals surface area contributed by atoms with Crippen molar-refractivity contribution in [2.24, 2.45) is 0 Å². The van der Waals surface area contributed by atoms with Crippen LogP contribution in [-0.4, -0.2) is 79.5 Å². The van der Waals surface area contributed by atoms with Crippen LogP contribution in [-0.2, 0) is 10.0 Å². The van der Waals surface area contributed by atoms with Crippen molar-refractivity contribution in [2.45, 2.75) is 24.3 Å². The Labute approximate surface area is 177 Å². The van der Waals surface area contributed by atoms with E-state index in [2.05, 4.69) is 9.88 Å². The minimum atomic E-state index is -3.71. The molecule has 0 saturated carbocycles. The zero-order valence-electron chi connectivity index (χ0n) is 17.3. The van der Waals surface area contributed by atoms with Gasteiger partial charge in [0, 0.05) is 51.0 Å². The summed E-state index contributed by atoms with van der Waals surface area (Å²) < 4.78 is 27.7. The van der Waals surface area contributed by atoms with Gasteiger partial charge in [-0.15, -0.1) is 0 Å². The third kappa shape index (κ3) is 4.70. The Bertz CT molecular complexity index is 956. The standard InChI is InChI=1S/C21H28N4O4S/c1-3-18(16-26)24-11-13-25(14-12-24)30(28,29)19-8-6-7-17(15-19)21(27)23(2)20-9-4-5-10-22-20/h4-10,15,18,26H,3,11-14,16H2,1-2H3/t18-/m1/s1. The summed E-state index contributed by atoms with van der Waals surface area (Å²) in [7, 11) is -2.11. The van der Waals surface area contributed by atoms with Gasteiger partial charge in [-0.25, -0.2) is 13.4 Å². The number of piperazine rings is 1. The van der Waals surface area contributed by atoms with Crippen molar-refractivity contribution in [1.82, 2.24) is 14.2 Å². The number of aromatic nitrogens is 1. The van der Waals surface area contributed by atoms with Gasteiger partial charge in [-0.3, -0.25) is 14.6 Å². The molecule has 1 saturated heterocycles. The summed E-state index contributed by atoms with van der Waals surface area (Å²) in [5.41, 5.74) is 0.286. The number of anilines is 1. The van der Waals surface area contributed by atoms with Crippen molar-refractivity contribution in [3.63, 3.8) is 0 Å². The SMILES string of the molecule is CC[C@H](CO)N1CCN(S(=O)(=O)c2cccc(C(=O)N(C)c3ccccn3)c2)CC1. The smallest absolute Gasteiger partial charge is 0.259 e. The number of aliphatic hydroxyl groups is 1. The minimum absolute atomic E-state index is 0.0536. The molecular weight excluding hydrogens is 404 g/mol. The van der Waals surface area contributed by atoms with Gasteiger partial charge in [0.05, 0.1) is 11.5 Å². The number of carbonyl (C=O) groups is 1. The largest absolute Gasteiger partial charge is 0.395 e. The highest BCUT2D eigenvalue weighted by Gasteiger charge is 2.31.